The van der Waals surface area contributed by atoms with Crippen LogP contribution in [-0.2, 0) is 0 Å². The molecule has 0 aliphatic carbocycles. The van der Waals surface area contributed by atoms with E-state index >= 15 is 0 Å². The first kappa shape index (κ1) is 13.4. The van der Waals surface area contributed by atoms with Gasteiger partial charge in [0.25, 0.3) is 5.69 Å². The number of nitrogens with one attached hydrogen (secondary N) is 1. The largest absolute Gasteiger partial charge is 0.317 e. The van der Waals surface area contributed by atoms with Crippen LogP contribution in [0, 0.1) is 26.9 Å². The molecule has 0 atom stereocenters. The summed E-state index contributed by atoms with van der Waals surface area (Å²) in [6, 6.07) is 4.12. The minimum atomic E-state index is -0.667. The van der Waals surface area contributed by atoms with E-state index in [9.17, 15) is 10.1 Å². The monoisotopic (exact) mass is 245 g/mol. The average molecular weight is 246 g/mol. The third-order valence-electron chi connectivity index (χ3n) is 1.38. The van der Waals surface area contributed by atoms with Gasteiger partial charge in [-0.3, -0.25) is 10.1 Å². The number of halogens is 2. The van der Waals surface area contributed by atoms with Gasteiger partial charge in [0.1, 0.15) is 11.1 Å². The standard InChI is InChI=1S/C7H2Cl2N2O2.CH3N/c8-5-1-2-6(11(12)13)7(9)4(5)3-10;1-2/h1-2H;2H,1H2. The van der Waals surface area contributed by atoms with Crippen LogP contribution in [0.25, 0.3) is 0 Å². The number of nitrogens with zero attached hydrogens (tertiary/aromatic N) is 2. The van der Waals surface area contributed by atoms with Crippen LogP contribution in [0.2, 0.25) is 10.0 Å². The Morgan fingerprint density at radius 3 is 2.40 bits per heavy atom. The van der Waals surface area contributed by atoms with Gasteiger partial charge in [-0.05, 0) is 12.8 Å². The SMILES string of the molecule is C=N.N#Cc1c(Cl)ccc([N+](=O)[O-])c1Cl. The zero-order valence-corrected chi connectivity index (χ0v) is 8.84. The molecule has 0 spiro atoms. The summed E-state index contributed by atoms with van der Waals surface area (Å²) in [5.74, 6) is 0. The third-order valence-corrected chi connectivity index (χ3v) is 2.08. The van der Waals surface area contributed by atoms with Gasteiger partial charge in [-0.25, -0.2) is 0 Å². The molecular weight excluding hydrogens is 241 g/mol. The molecule has 0 saturated carbocycles. The first-order valence-corrected chi connectivity index (χ1v) is 4.21. The molecule has 1 aromatic rings. The molecule has 1 rings (SSSR count). The van der Waals surface area contributed by atoms with E-state index in [0.717, 1.165) is 6.07 Å². The predicted molar refractivity (Wildman–Crippen MR) is 57.7 cm³/mol. The minimum Gasteiger partial charge on any atom is -0.317 e. The summed E-state index contributed by atoms with van der Waals surface area (Å²) in [4.78, 5) is 9.70. The summed E-state index contributed by atoms with van der Waals surface area (Å²) >= 11 is 11.1. The van der Waals surface area contributed by atoms with Gasteiger partial charge in [0.15, 0.2) is 0 Å². The van der Waals surface area contributed by atoms with Crippen molar-refractivity contribution in [1.82, 2.24) is 0 Å². The Hall–Kier alpha value is -1.64. The van der Waals surface area contributed by atoms with Gasteiger partial charge in [-0.15, -0.1) is 0 Å². The maximum Gasteiger partial charge on any atom is 0.289 e. The van der Waals surface area contributed by atoms with Crippen LogP contribution in [0.3, 0.4) is 0 Å². The number of hydrogen-bond acceptors (Lipinski definition) is 4. The van der Waals surface area contributed by atoms with Crippen LogP contribution in [0.15, 0.2) is 12.1 Å². The first-order valence-electron chi connectivity index (χ1n) is 3.45. The van der Waals surface area contributed by atoms with E-state index in [2.05, 4.69) is 6.72 Å². The molecule has 0 aromatic heterocycles. The van der Waals surface area contributed by atoms with Crippen molar-refractivity contribution in [2.24, 2.45) is 0 Å². The van der Waals surface area contributed by atoms with Gasteiger partial charge in [0.2, 0.25) is 0 Å². The van der Waals surface area contributed by atoms with E-state index in [1.54, 1.807) is 6.07 Å². The molecule has 0 fully saturated rings. The molecule has 0 saturated heterocycles. The Labute approximate surface area is 95.5 Å². The van der Waals surface area contributed by atoms with Gasteiger partial charge in [-0.1, -0.05) is 23.2 Å². The number of nitro groups is 1. The molecule has 1 N–H and O–H groups in total. The summed E-state index contributed by atoms with van der Waals surface area (Å²) in [6.07, 6.45) is 0. The van der Waals surface area contributed by atoms with Gasteiger partial charge in [-0.2, -0.15) is 5.26 Å². The molecule has 0 radical (unpaired) electrons. The second-order valence-electron chi connectivity index (χ2n) is 2.12. The van der Waals surface area contributed by atoms with Crippen molar-refractivity contribution in [1.29, 1.82) is 10.7 Å². The maximum absolute atomic E-state index is 10.4. The summed E-state index contributed by atoms with van der Waals surface area (Å²) in [5, 5.41) is 24.3. The van der Waals surface area contributed by atoms with Crippen LogP contribution in [0.5, 0.6) is 0 Å². The molecule has 0 amide bonds. The highest BCUT2D eigenvalue weighted by atomic mass is 35.5. The second kappa shape index (κ2) is 5.96. The smallest absolute Gasteiger partial charge is 0.289 e. The molecule has 0 unspecified atom stereocenters. The summed E-state index contributed by atoms with van der Waals surface area (Å²) < 4.78 is 0. The van der Waals surface area contributed by atoms with Crippen molar-refractivity contribution in [2.45, 2.75) is 0 Å². The first-order chi connectivity index (χ1) is 7.07. The Morgan fingerprint density at radius 1 is 1.47 bits per heavy atom. The number of benzene rings is 1. The molecule has 78 valence electrons. The Balaban J connectivity index is 0.000000921. The quantitative estimate of drug-likeness (QED) is 0.469. The van der Waals surface area contributed by atoms with Crippen LogP contribution in [0.1, 0.15) is 5.56 Å². The number of rotatable bonds is 1. The lowest BCUT2D eigenvalue weighted by atomic mass is 10.2. The maximum atomic E-state index is 10.4. The van der Waals surface area contributed by atoms with Gasteiger partial charge in [0.05, 0.1) is 15.5 Å². The topological polar surface area (TPSA) is 90.8 Å². The summed E-state index contributed by atoms with van der Waals surface area (Å²) in [7, 11) is 0. The van der Waals surface area contributed by atoms with E-state index in [4.69, 9.17) is 33.9 Å². The zero-order valence-electron chi connectivity index (χ0n) is 7.33. The molecule has 7 heteroatoms. The van der Waals surface area contributed by atoms with Crippen molar-refractivity contribution >= 4 is 35.6 Å². The van der Waals surface area contributed by atoms with Crippen molar-refractivity contribution in [3.05, 3.63) is 37.9 Å². The second-order valence-corrected chi connectivity index (χ2v) is 2.91. The highest BCUT2D eigenvalue weighted by Gasteiger charge is 2.17. The van der Waals surface area contributed by atoms with E-state index in [1.165, 1.54) is 6.07 Å². The minimum absolute atomic E-state index is 0.0717. The van der Waals surface area contributed by atoms with E-state index in [1.807, 2.05) is 0 Å². The lowest BCUT2D eigenvalue weighted by molar-refractivity contribution is -0.384. The number of nitro benzene ring substituents is 1. The third kappa shape index (κ3) is 2.91. The highest BCUT2D eigenvalue weighted by Crippen LogP contribution is 2.32. The molecule has 5 nitrogen and oxygen atoms in total. The lowest BCUT2D eigenvalue weighted by Gasteiger charge is -1.98. The van der Waals surface area contributed by atoms with Crippen molar-refractivity contribution < 1.29 is 4.92 Å². The van der Waals surface area contributed by atoms with E-state index < -0.39 is 4.92 Å². The zero-order chi connectivity index (χ0) is 12.0. The molecule has 1 aromatic carbocycles. The fourth-order valence-corrected chi connectivity index (χ4v) is 1.31. The summed E-state index contributed by atoms with van der Waals surface area (Å²) in [5.41, 5.74) is -0.389. The van der Waals surface area contributed by atoms with E-state index in [0.29, 0.717) is 0 Å². The summed E-state index contributed by atoms with van der Waals surface area (Å²) in [6.45, 7) is 2.50. The Morgan fingerprint density at radius 2 is 2.00 bits per heavy atom. The molecule has 15 heavy (non-hydrogen) atoms. The van der Waals surface area contributed by atoms with Crippen LogP contribution in [-0.4, -0.2) is 11.6 Å². The van der Waals surface area contributed by atoms with E-state index in [-0.39, 0.29) is 21.3 Å². The van der Waals surface area contributed by atoms with Crippen LogP contribution < -0.4 is 0 Å². The lowest BCUT2D eigenvalue weighted by Crippen LogP contribution is -1.91. The van der Waals surface area contributed by atoms with Gasteiger partial charge in [0, 0.05) is 6.07 Å². The van der Waals surface area contributed by atoms with Crippen molar-refractivity contribution in [3.63, 3.8) is 0 Å². The predicted octanol–water partition coefficient (Wildman–Crippen LogP) is 3.04. The Bertz CT molecular complexity index is 429. The van der Waals surface area contributed by atoms with Crippen LogP contribution >= 0.6 is 23.2 Å². The Kier molecular flexibility index (Phi) is 5.31. The van der Waals surface area contributed by atoms with Crippen LogP contribution in [0.4, 0.5) is 5.69 Å². The molecule has 0 heterocycles. The molecular formula is C8H5Cl2N3O2. The fourth-order valence-electron chi connectivity index (χ4n) is 0.785. The molecule has 0 aliphatic heterocycles. The number of nitriles is 1. The van der Waals surface area contributed by atoms with Crippen molar-refractivity contribution in [3.8, 4) is 6.07 Å². The highest BCUT2D eigenvalue weighted by molar-refractivity contribution is 6.37. The molecule has 0 bridgehead atoms. The normalized spacial score (nSPS) is 8.33. The van der Waals surface area contributed by atoms with Gasteiger partial charge < -0.3 is 5.41 Å². The molecule has 0 aliphatic rings. The number of hydrogen-bond donors (Lipinski definition) is 1. The fraction of sp³-hybridized carbons (Fsp3) is 0. The van der Waals surface area contributed by atoms with Gasteiger partial charge >= 0.3 is 0 Å². The van der Waals surface area contributed by atoms with Crippen molar-refractivity contribution in [2.75, 3.05) is 0 Å². The average Bonchev–Trinajstić information content (AvgIpc) is 2.21.